The molecule has 1 fully saturated rings. The van der Waals surface area contributed by atoms with Crippen molar-refractivity contribution in [3.05, 3.63) is 0 Å². The van der Waals surface area contributed by atoms with Crippen molar-refractivity contribution in [2.24, 2.45) is 0 Å². The molecule has 8 heteroatoms. The van der Waals surface area contributed by atoms with E-state index in [-0.39, 0.29) is 16.0 Å². The van der Waals surface area contributed by atoms with Gasteiger partial charge >= 0.3 is 0 Å². The lowest BCUT2D eigenvalue weighted by Gasteiger charge is -2.07. The minimum Gasteiger partial charge on any atom is -0.382 e. The smallest absolute Gasteiger partial charge is 0.187 e. The Morgan fingerprint density at radius 1 is 1.33 bits per heavy atom. The Kier molecular flexibility index (Phi) is 6.19. The predicted molar refractivity (Wildman–Crippen MR) is 92.1 cm³/mol. The van der Waals surface area contributed by atoms with E-state index in [1.54, 1.807) is 0 Å². The van der Waals surface area contributed by atoms with Gasteiger partial charge < -0.3 is 11.1 Å². The van der Waals surface area contributed by atoms with Crippen LogP contribution in [0.1, 0.15) is 38.5 Å². The SMILES string of the molecule is CSCCCCCCNc1snc(N)c1S(=O)(=O)C1CC1. The van der Waals surface area contributed by atoms with Gasteiger partial charge in [-0.3, -0.25) is 0 Å². The summed E-state index contributed by atoms with van der Waals surface area (Å²) >= 11 is 3.03. The molecule has 1 heterocycles. The summed E-state index contributed by atoms with van der Waals surface area (Å²) in [6.45, 7) is 0.772. The van der Waals surface area contributed by atoms with Gasteiger partial charge in [-0.15, -0.1) is 0 Å². The number of nitrogens with zero attached hydrogens (tertiary/aromatic N) is 1. The molecule has 1 saturated carbocycles. The van der Waals surface area contributed by atoms with Crippen LogP contribution in [0.3, 0.4) is 0 Å². The van der Waals surface area contributed by atoms with Crippen LogP contribution in [-0.4, -0.2) is 36.6 Å². The molecular weight excluding hydrogens is 326 g/mol. The van der Waals surface area contributed by atoms with Crippen molar-refractivity contribution >= 4 is 44.0 Å². The molecule has 5 nitrogen and oxygen atoms in total. The first-order chi connectivity index (χ1) is 10.1. The molecule has 21 heavy (non-hydrogen) atoms. The van der Waals surface area contributed by atoms with Crippen molar-refractivity contribution in [1.29, 1.82) is 0 Å². The van der Waals surface area contributed by atoms with E-state index in [4.69, 9.17) is 5.73 Å². The van der Waals surface area contributed by atoms with Gasteiger partial charge in [0.15, 0.2) is 15.7 Å². The van der Waals surface area contributed by atoms with Crippen LogP contribution in [0, 0.1) is 0 Å². The van der Waals surface area contributed by atoms with E-state index in [2.05, 4.69) is 15.9 Å². The highest BCUT2D eigenvalue weighted by Gasteiger charge is 2.40. The highest BCUT2D eigenvalue weighted by Crippen LogP contribution is 2.40. The van der Waals surface area contributed by atoms with Gasteiger partial charge in [-0.2, -0.15) is 16.1 Å². The Hall–Kier alpha value is -0.470. The Balaban J connectivity index is 1.84. The average Bonchev–Trinajstić information content (AvgIpc) is 3.23. The molecule has 0 atom stereocenters. The standard InChI is InChI=1S/C13H23N3O2S3/c1-19-9-5-3-2-4-8-15-13-11(12(14)16-20-13)21(17,18)10-6-7-10/h10,15H,2-9H2,1H3,(H2,14,16). The Morgan fingerprint density at radius 3 is 2.71 bits per heavy atom. The fraction of sp³-hybridized carbons (Fsp3) is 0.769. The van der Waals surface area contributed by atoms with Crippen LogP contribution in [-0.2, 0) is 9.84 Å². The van der Waals surface area contributed by atoms with Gasteiger partial charge in [0.2, 0.25) is 0 Å². The first-order valence-electron chi connectivity index (χ1n) is 7.29. The van der Waals surface area contributed by atoms with E-state index >= 15 is 0 Å². The number of hydrogen-bond acceptors (Lipinski definition) is 7. The first-order valence-corrected chi connectivity index (χ1v) is 11.0. The van der Waals surface area contributed by atoms with Gasteiger partial charge in [0, 0.05) is 6.54 Å². The summed E-state index contributed by atoms with van der Waals surface area (Å²) in [6.07, 6.45) is 8.27. The second-order valence-electron chi connectivity index (χ2n) is 5.30. The number of nitrogens with one attached hydrogen (secondary N) is 1. The van der Waals surface area contributed by atoms with Crippen molar-refractivity contribution in [3.63, 3.8) is 0 Å². The molecule has 0 bridgehead atoms. The zero-order valence-electron chi connectivity index (χ0n) is 12.3. The maximum absolute atomic E-state index is 12.3. The molecule has 3 N–H and O–H groups in total. The summed E-state index contributed by atoms with van der Waals surface area (Å²) in [7, 11) is -3.28. The van der Waals surface area contributed by atoms with Gasteiger partial charge in [0.25, 0.3) is 0 Å². The minimum atomic E-state index is -3.28. The second kappa shape index (κ2) is 7.69. The number of anilines is 2. The highest BCUT2D eigenvalue weighted by atomic mass is 32.2. The summed E-state index contributed by atoms with van der Waals surface area (Å²) < 4.78 is 28.7. The molecule has 0 unspecified atom stereocenters. The molecule has 1 aromatic heterocycles. The molecule has 2 rings (SSSR count). The first kappa shape index (κ1) is 16.9. The van der Waals surface area contributed by atoms with Crippen molar-refractivity contribution < 1.29 is 8.42 Å². The van der Waals surface area contributed by atoms with Gasteiger partial charge in [0.05, 0.1) is 5.25 Å². The summed E-state index contributed by atoms with van der Waals surface area (Å²) in [5.41, 5.74) is 5.76. The Labute approximate surface area is 135 Å². The van der Waals surface area contributed by atoms with Crippen LogP contribution in [0.5, 0.6) is 0 Å². The minimum absolute atomic E-state index is 0.148. The fourth-order valence-electron chi connectivity index (χ4n) is 2.15. The third kappa shape index (κ3) is 4.50. The number of aromatic nitrogens is 1. The molecule has 0 aliphatic heterocycles. The monoisotopic (exact) mass is 349 g/mol. The number of hydrogen-bond donors (Lipinski definition) is 2. The molecule has 0 radical (unpaired) electrons. The molecule has 1 aliphatic rings. The number of nitrogen functional groups attached to an aromatic ring is 1. The maximum Gasteiger partial charge on any atom is 0.187 e. The van der Waals surface area contributed by atoms with E-state index < -0.39 is 9.84 Å². The number of thioether (sulfide) groups is 1. The molecule has 1 aliphatic carbocycles. The van der Waals surface area contributed by atoms with E-state index in [0.29, 0.717) is 5.00 Å². The van der Waals surface area contributed by atoms with E-state index in [0.717, 1.165) is 43.8 Å². The zero-order valence-corrected chi connectivity index (χ0v) is 14.7. The lowest BCUT2D eigenvalue weighted by Crippen LogP contribution is -2.12. The summed E-state index contributed by atoms with van der Waals surface area (Å²) in [6, 6.07) is 0. The average molecular weight is 350 g/mol. The molecule has 0 saturated heterocycles. The Morgan fingerprint density at radius 2 is 2.05 bits per heavy atom. The fourth-order valence-corrected chi connectivity index (χ4v) is 5.56. The van der Waals surface area contributed by atoms with Crippen LogP contribution >= 0.6 is 23.3 Å². The topological polar surface area (TPSA) is 85.1 Å². The quantitative estimate of drug-likeness (QED) is 0.632. The van der Waals surface area contributed by atoms with Gasteiger partial charge in [-0.25, -0.2) is 8.42 Å². The van der Waals surface area contributed by atoms with E-state index in [9.17, 15) is 8.42 Å². The molecule has 0 aromatic carbocycles. The zero-order chi connectivity index (χ0) is 15.3. The third-order valence-electron chi connectivity index (χ3n) is 3.48. The lowest BCUT2D eigenvalue weighted by molar-refractivity contribution is 0.595. The lowest BCUT2D eigenvalue weighted by atomic mass is 10.2. The summed E-state index contributed by atoms with van der Waals surface area (Å²) in [4.78, 5) is 0.234. The second-order valence-corrected chi connectivity index (χ2v) is 9.23. The predicted octanol–water partition coefficient (Wildman–Crippen LogP) is 3.00. The van der Waals surface area contributed by atoms with Crippen LogP contribution < -0.4 is 11.1 Å². The Bertz CT molecular complexity index is 553. The van der Waals surface area contributed by atoms with Crippen LogP contribution in [0.25, 0.3) is 0 Å². The summed E-state index contributed by atoms with van der Waals surface area (Å²) in [5, 5.41) is 3.57. The van der Waals surface area contributed by atoms with Crippen LogP contribution in [0.4, 0.5) is 10.8 Å². The van der Waals surface area contributed by atoms with Crippen LogP contribution in [0.15, 0.2) is 4.90 Å². The third-order valence-corrected chi connectivity index (χ3v) is 7.46. The number of nitrogens with two attached hydrogens (primary N) is 1. The molecule has 1 aromatic rings. The van der Waals surface area contributed by atoms with E-state index in [1.165, 1.54) is 18.6 Å². The van der Waals surface area contributed by atoms with Gasteiger partial charge in [-0.1, -0.05) is 12.8 Å². The molecular formula is C13H23N3O2S3. The number of sulfone groups is 1. The van der Waals surface area contributed by atoms with Crippen molar-refractivity contribution in [1.82, 2.24) is 4.37 Å². The number of unbranched alkanes of at least 4 members (excludes halogenated alkanes) is 3. The highest BCUT2D eigenvalue weighted by molar-refractivity contribution is 7.98. The van der Waals surface area contributed by atoms with Crippen molar-refractivity contribution in [2.75, 3.05) is 29.6 Å². The summed E-state index contributed by atoms with van der Waals surface area (Å²) in [5.74, 6) is 1.36. The van der Waals surface area contributed by atoms with Crippen molar-refractivity contribution in [3.8, 4) is 0 Å². The number of rotatable bonds is 10. The molecule has 0 spiro atoms. The largest absolute Gasteiger partial charge is 0.382 e. The van der Waals surface area contributed by atoms with Gasteiger partial charge in [-0.05, 0) is 49.2 Å². The maximum atomic E-state index is 12.3. The molecule has 0 amide bonds. The van der Waals surface area contributed by atoms with E-state index in [1.807, 2.05) is 11.8 Å². The van der Waals surface area contributed by atoms with Gasteiger partial charge in [0.1, 0.15) is 9.90 Å². The molecule has 120 valence electrons. The van der Waals surface area contributed by atoms with Crippen LogP contribution in [0.2, 0.25) is 0 Å². The normalized spacial score (nSPS) is 15.3. The van der Waals surface area contributed by atoms with Crippen molar-refractivity contribution in [2.45, 2.75) is 48.7 Å².